The Morgan fingerprint density at radius 2 is 0.750 bits per heavy atom. The van der Waals surface area contributed by atoms with Crippen LogP contribution < -0.4 is 41.3 Å². The van der Waals surface area contributed by atoms with Gasteiger partial charge in [-0.05, 0) is 124 Å². The van der Waals surface area contributed by atoms with Gasteiger partial charge in [-0.2, -0.15) is 0 Å². The van der Waals surface area contributed by atoms with Crippen molar-refractivity contribution in [3.63, 3.8) is 0 Å². The quantitative estimate of drug-likeness (QED) is 0.160. The molecule has 6 aromatic carbocycles. The first-order valence-corrected chi connectivity index (χ1v) is 21.6. The molecule has 2 unspecified atom stereocenters. The maximum atomic E-state index is 7.71. The normalized spacial score (nSPS) is 20.3. The third kappa shape index (κ3) is 5.62. The Kier molecular flexibility index (Phi) is 8.82. The fraction of sp³-hybridized carbons (Fsp3) is 0.250. The molecule has 260 valence electrons. The fourth-order valence-corrected chi connectivity index (χ4v) is 14.6. The highest BCUT2D eigenvalue weighted by atomic mass is 31.1. The van der Waals surface area contributed by atoms with E-state index < -0.39 is 21.6 Å². The summed E-state index contributed by atoms with van der Waals surface area (Å²) in [7, 11) is -1.74. The van der Waals surface area contributed by atoms with Crippen LogP contribution >= 0.6 is 15.8 Å². The van der Waals surface area contributed by atoms with Gasteiger partial charge in [-0.1, -0.05) is 140 Å². The number of benzene rings is 6. The Balaban J connectivity index is 1.21. The topological polar surface area (TPSA) is 18.5 Å². The van der Waals surface area contributed by atoms with Gasteiger partial charge in [-0.15, -0.1) is 0 Å². The van der Waals surface area contributed by atoms with Crippen LogP contribution in [0.2, 0.25) is 0 Å². The summed E-state index contributed by atoms with van der Waals surface area (Å²) in [5, 5.41) is 8.17. The van der Waals surface area contributed by atoms with Crippen molar-refractivity contribution in [2.45, 2.75) is 65.6 Å². The summed E-state index contributed by atoms with van der Waals surface area (Å²) in [6, 6.07) is 49.6. The number of para-hydroxylation sites is 2. The number of rotatable bonds is 6. The molecule has 0 aromatic heterocycles. The Morgan fingerprint density at radius 3 is 1.10 bits per heavy atom. The first-order chi connectivity index (χ1) is 25.4. The summed E-state index contributed by atoms with van der Waals surface area (Å²) in [5.41, 5.74) is 7.95. The molecule has 2 nitrogen and oxygen atoms in total. The van der Waals surface area contributed by atoms with Gasteiger partial charge in [0.1, 0.15) is 11.5 Å². The van der Waals surface area contributed by atoms with Gasteiger partial charge in [0.2, 0.25) is 0 Å². The summed E-state index contributed by atoms with van der Waals surface area (Å²) in [4.78, 5) is 0. The molecule has 4 heteroatoms. The lowest BCUT2D eigenvalue weighted by Gasteiger charge is -2.54. The molecule has 0 N–H and O–H groups in total. The van der Waals surface area contributed by atoms with E-state index in [9.17, 15) is 0 Å². The predicted molar refractivity (Wildman–Crippen MR) is 221 cm³/mol. The molecular formula is C48H46O2P2. The molecule has 52 heavy (non-hydrogen) atoms. The van der Waals surface area contributed by atoms with Crippen LogP contribution in [0.25, 0.3) is 0 Å². The van der Waals surface area contributed by atoms with E-state index in [0.717, 1.165) is 37.2 Å². The van der Waals surface area contributed by atoms with E-state index >= 15 is 0 Å². The smallest absolute Gasteiger partial charge is 0.257 e. The van der Waals surface area contributed by atoms with Gasteiger partial charge in [0, 0.05) is 22.4 Å². The molecule has 1 aliphatic carbocycles. The van der Waals surface area contributed by atoms with Crippen LogP contribution in [0.3, 0.4) is 0 Å². The molecule has 0 amide bonds. The van der Waals surface area contributed by atoms with E-state index in [4.69, 9.17) is 9.47 Å². The van der Waals surface area contributed by atoms with Crippen molar-refractivity contribution in [1.29, 1.82) is 0 Å². The van der Waals surface area contributed by atoms with E-state index in [1.807, 2.05) is 0 Å². The van der Waals surface area contributed by atoms with Crippen molar-refractivity contribution in [3.05, 3.63) is 167 Å². The molecule has 0 radical (unpaired) electrons. The molecule has 2 atom stereocenters. The highest BCUT2D eigenvalue weighted by Gasteiger charge is 2.57. The Bertz CT molecular complexity index is 2040. The van der Waals surface area contributed by atoms with E-state index in [1.54, 1.807) is 0 Å². The second-order valence-electron chi connectivity index (χ2n) is 15.0. The summed E-state index contributed by atoms with van der Waals surface area (Å²) in [6.45, 7) is 9.04. The molecule has 3 aliphatic rings. The Labute approximate surface area is 311 Å². The molecule has 2 aliphatic heterocycles. The number of fused-ring (bicyclic) bond motifs is 2. The van der Waals surface area contributed by atoms with Crippen molar-refractivity contribution in [1.82, 2.24) is 0 Å². The van der Waals surface area contributed by atoms with E-state index in [0.29, 0.717) is 11.8 Å². The largest absolute Gasteiger partial charge is 0.451 e. The zero-order chi connectivity index (χ0) is 35.4. The van der Waals surface area contributed by atoms with Gasteiger partial charge in [-0.3, -0.25) is 0 Å². The van der Waals surface area contributed by atoms with Gasteiger partial charge in [0.25, 0.3) is 5.79 Å². The molecule has 0 saturated heterocycles. The van der Waals surface area contributed by atoms with Crippen LogP contribution in [0, 0.1) is 39.5 Å². The zero-order valence-electron chi connectivity index (χ0n) is 30.6. The van der Waals surface area contributed by atoms with Crippen LogP contribution in [-0.4, -0.2) is 5.79 Å². The molecule has 1 fully saturated rings. The Hall–Kier alpha value is -4.22. The standard InChI is InChI=1S/C48H46O2P2/c1-32-16-5-9-24-40(32)51(41-25-10-6-17-33(41)2)44-28-13-20-36-30-38-22-15-23-39-31-37-21-14-29-45(47(37)50-48(38,39)49-46(36)44)52(42-26-11-7-18-34(42)3)43-27-12-8-19-35(43)4/h5-14,16-21,24-29,38-39H,15,22-23,30-31H2,1-4H3. The van der Waals surface area contributed by atoms with Crippen LogP contribution in [0.4, 0.5) is 0 Å². The molecule has 2 heterocycles. The van der Waals surface area contributed by atoms with Gasteiger partial charge in [-0.25, -0.2) is 0 Å². The fourth-order valence-electron chi connectivity index (χ4n) is 9.13. The highest BCUT2D eigenvalue weighted by molar-refractivity contribution is 7.80. The molecule has 1 spiro atoms. The van der Waals surface area contributed by atoms with E-state index in [2.05, 4.69) is 161 Å². The van der Waals surface area contributed by atoms with E-state index in [1.165, 1.54) is 71.6 Å². The maximum absolute atomic E-state index is 7.71. The first kappa shape index (κ1) is 33.6. The van der Waals surface area contributed by atoms with Gasteiger partial charge in [0.15, 0.2) is 0 Å². The van der Waals surface area contributed by atoms with Gasteiger partial charge < -0.3 is 9.47 Å². The van der Waals surface area contributed by atoms with Crippen LogP contribution in [0.5, 0.6) is 11.5 Å². The van der Waals surface area contributed by atoms with Gasteiger partial charge in [0.05, 0.1) is 0 Å². The second kappa shape index (κ2) is 13.6. The summed E-state index contributed by atoms with van der Waals surface area (Å²) in [6.07, 6.45) is 5.41. The van der Waals surface area contributed by atoms with Crippen molar-refractivity contribution < 1.29 is 9.47 Å². The molecular weight excluding hydrogens is 670 g/mol. The Morgan fingerprint density at radius 1 is 0.423 bits per heavy atom. The minimum Gasteiger partial charge on any atom is -0.451 e. The first-order valence-electron chi connectivity index (χ1n) is 18.9. The lowest BCUT2D eigenvalue weighted by molar-refractivity contribution is -0.225. The third-order valence-corrected chi connectivity index (χ3v) is 17.4. The number of hydrogen-bond donors (Lipinski definition) is 0. The number of ether oxygens (including phenoxy) is 2. The average molecular weight is 717 g/mol. The molecule has 9 rings (SSSR count). The average Bonchev–Trinajstić information content (AvgIpc) is 3.16. The SMILES string of the molecule is Cc1ccccc1P(c1ccccc1C)c1cccc2c1OC13Oc4c(cccc4P(c4ccccc4C)c4ccccc4C)CC1CCCC3C2. The molecule has 1 saturated carbocycles. The summed E-state index contributed by atoms with van der Waals surface area (Å²) < 4.78 is 15.4. The van der Waals surface area contributed by atoms with Crippen LogP contribution in [0.15, 0.2) is 133 Å². The van der Waals surface area contributed by atoms with Crippen LogP contribution in [-0.2, 0) is 12.8 Å². The summed E-state index contributed by atoms with van der Waals surface area (Å²) >= 11 is 0. The summed E-state index contributed by atoms with van der Waals surface area (Å²) in [5.74, 6) is 2.00. The molecule has 0 bridgehead atoms. The lowest BCUT2D eigenvalue weighted by atomic mass is 9.68. The monoisotopic (exact) mass is 716 g/mol. The van der Waals surface area contributed by atoms with Crippen molar-refractivity contribution >= 4 is 47.7 Å². The van der Waals surface area contributed by atoms with Crippen molar-refractivity contribution in [2.24, 2.45) is 11.8 Å². The number of aryl methyl sites for hydroxylation is 4. The van der Waals surface area contributed by atoms with E-state index in [-0.39, 0.29) is 0 Å². The van der Waals surface area contributed by atoms with Crippen LogP contribution in [0.1, 0.15) is 52.6 Å². The van der Waals surface area contributed by atoms with Crippen molar-refractivity contribution in [2.75, 3.05) is 0 Å². The van der Waals surface area contributed by atoms with Crippen molar-refractivity contribution in [3.8, 4) is 11.5 Å². The predicted octanol–water partition coefficient (Wildman–Crippen LogP) is 9.12. The lowest BCUT2D eigenvalue weighted by Crippen LogP contribution is -2.62. The third-order valence-electron chi connectivity index (χ3n) is 11.8. The number of hydrogen-bond acceptors (Lipinski definition) is 2. The highest BCUT2D eigenvalue weighted by Crippen LogP contribution is 2.55. The zero-order valence-corrected chi connectivity index (χ0v) is 32.4. The minimum absolute atomic E-state index is 0.293. The molecule has 6 aromatic rings. The second-order valence-corrected chi connectivity index (χ2v) is 19.2. The van der Waals surface area contributed by atoms with Gasteiger partial charge >= 0.3 is 0 Å². The minimum atomic E-state index is -0.869. The maximum Gasteiger partial charge on any atom is 0.257 e.